The number of hydrogen-bond donors (Lipinski definition) is 2. The fourth-order valence-electron chi connectivity index (χ4n) is 1.73. The van der Waals surface area contributed by atoms with Gasteiger partial charge in [-0.05, 0) is 12.0 Å². The van der Waals surface area contributed by atoms with Gasteiger partial charge in [-0.2, -0.15) is 0 Å². The highest BCUT2D eigenvalue weighted by atomic mass is 19.2. The number of nitrogens with zero attached hydrogens (tertiary/aromatic N) is 1. The van der Waals surface area contributed by atoms with E-state index >= 15 is 0 Å². The summed E-state index contributed by atoms with van der Waals surface area (Å²) >= 11 is 0. The molecule has 3 N–H and O–H groups in total. The van der Waals surface area contributed by atoms with Crippen LogP contribution < -0.4 is 11.3 Å². The molecule has 96 valence electrons. The van der Waals surface area contributed by atoms with Gasteiger partial charge >= 0.3 is 0 Å². The number of hydrazine groups is 1. The van der Waals surface area contributed by atoms with Crippen LogP contribution >= 0.6 is 0 Å². The highest BCUT2D eigenvalue weighted by Gasteiger charge is 2.18. The maximum atomic E-state index is 13.7. The molecule has 18 heavy (non-hydrogen) atoms. The van der Waals surface area contributed by atoms with Crippen LogP contribution in [0.5, 0.6) is 0 Å². The molecule has 0 saturated heterocycles. The van der Waals surface area contributed by atoms with Crippen LogP contribution in [-0.2, 0) is 0 Å². The SMILES string of the molecule is CC(C)c1cc(NN)c2c(F)c(F)cc(F)c2n1. The van der Waals surface area contributed by atoms with Crippen molar-refractivity contribution in [3.8, 4) is 0 Å². The number of benzene rings is 1. The molecule has 6 heteroatoms. The number of halogens is 3. The van der Waals surface area contributed by atoms with Crippen molar-refractivity contribution in [2.45, 2.75) is 19.8 Å². The standard InChI is InChI=1S/C12H12F3N3/c1-5(2)8-4-9(18-16)10-11(15)6(13)3-7(14)12(10)17-8/h3-5H,16H2,1-2H3,(H,17,18). The van der Waals surface area contributed by atoms with Crippen LogP contribution in [0.15, 0.2) is 12.1 Å². The Morgan fingerprint density at radius 3 is 2.39 bits per heavy atom. The summed E-state index contributed by atoms with van der Waals surface area (Å²) in [5.41, 5.74) is 2.67. The Hall–Kier alpha value is -1.82. The van der Waals surface area contributed by atoms with Crippen LogP contribution in [0.1, 0.15) is 25.5 Å². The first kappa shape index (κ1) is 12.6. The molecule has 2 aromatic rings. The molecule has 0 saturated carbocycles. The first-order valence-corrected chi connectivity index (χ1v) is 5.40. The Labute approximate surface area is 102 Å². The van der Waals surface area contributed by atoms with Gasteiger partial charge in [-0.15, -0.1) is 0 Å². The lowest BCUT2D eigenvalue weighted by molar-refractivity contribution is 0.505. The molecule has 1 aromatic carbocycles. The van der Waals surface area contributed by atoms with Gasteiger partial charge in [-0.3, -0.25) is 5.84 Å². The second kappa shape index (κ2) is 4.45. The van der Waals surface area contributed by atoms with Gasteiger partial charge in [-0.1, -0.05) is 13.8 Å². The van der Waals surface area contributed by atoms with Gasteiger partial charge < -0.3 is 5.43 Å². The molecule has 1 heterocycles. The van der Waals surface area contributed by atoms with E-state index in [4.69, 9.17) is 5.84 Å². The molecule has 0 bridgehead atoms. The Balaban J connectivity index is 2.91. The topological polar surface area (TPSA) is 50.9 Å². The van der Waals surface area contributed by atoms with E-state index < -0.39 is 17.5 Å². The normalized spacial score (nSPS) is 11.3. The third kappa shape index (κ3) is 1.88. The number of hydrogen-bond acceptors (Lipinski definition) is 3. The Bertz CT molecular complexity index is 611. The van der Waals surface area contributed by atoms with E-state index in [0.29, 0.717) is 11.8 Å². The van der Waals surface area contributed by atoms with Crippen molar-refractivity contribution in [2.75, 3.05) is 5.43 Å². The van der Waals surface area contributed by atoms with Crippen LogP contribution in [0.4, 0.5) is 18.9 Å². The molecule has 0 spiro atoms. The fourth-order valence-corrected chi connectivity index (χ4v) is 1.73. The van der Waals surface area contributed by atoms with E-state index in [1.165, 1.54) is 6.07 Å². The van der Waals surface area contributed by atoms with Crippen molar-refractivity contribution in [3.05, 3.63) is 35.3 Å². The average molecular weight is 255 g/mol. The lowest BCUT2D eigenvalue weighted by Gasteiger charge is -2.12. The number of anilines is 1. The van der Waals surface area contributed by atoms with Gasteiger partial charge in [0.25, 0.3) is 0 Å². The second-order valence-corrected chi connectivity index (χ2v) is 4.27. The van der Waals surface area contributed by atoms with Crippen molar-refractivity contribution in [3.63, 3.8) is 0 Å². The summed E-state index contributed by atoms with van der Waals surface area (Å²) in [5.74, 6) is 1.93. The van der Waals surface area contributed by atoms with Crippen LogP contribution in [0.3, 0.4) is 0 Å². The highest BCUT2D eigenvalue weighted by Crippen LogP contribution is 2.30. The number of nitrogens with two attached hydrogens (primary N) is 1. The number of nitrogen functional groups attached to an aromatic ring is 1. The van der Waals surface area contributed by atoms with E-state index in [2.05, 4.69) is 10.4 Å². The van der Waals surface area contributed by atoms with Crippen molar-refractivity contribution in [2.24, 2.45) is 5.84 Å². The molecule has 0 fully saturated rings. The first-order valence-electron chi connectivity index (χ1n) is 5.40. The monoisotopic (exact) mass is 255 g/mol. The summed E-state index contributed by atoms with van der Waals surface area (Å²) in [6.07, 6.45) is 0. The van der Waals surface area contributed by atoms with E-state index in [9.17, 15) is 13.2 Å². The maximum absolute atomic E-state index is 13.7. The van der Waals surface area contributed by atoms with Crippen LogP contribution in [-0.4, -0.2) is 4.98 Å². The van der Waals surface area contributed by atoms with Gasteiger partial charge in [0, 0.05) is 11.8 Å². The van der Waals surface area contributed by atoms with Crippen molar-refractivity contribution in [1.82, 2.24) is 4.98 Å². The van der Waals surface area contributed by atoms with E-state index in [-0.39, 0.29) is 22.5 Å². The van der Waals surface area contributed by atoms with Gasteiger partial charge in [-0.25, -0.2) is 18.2 Å². The molecule has 0 aliphatic heterocycles. The quantitative estimate of drug-likeness (QED) is 0.492. The molecule has 1 aromatic heterocycles. The molecule has 0 aliphatic carbocycles. The minimum atomic E-state index is -1.27. The Morgan fingerprint density at radius 2 is 1.83 bits per heavy atom. The largest absolute Gasteiger partial charge is 0.323 e. The molecule has 0 radical (unpaired) electrons. The number of nitrogens with one attached hydrogen (secondary N) is 1. The Morgan fingerprint density at radius 1 is 1.17 bits per heavy atom. The molecule has 0 aliphatic rings. The molecular weight excluding hydrogens is 243 g/mol. The molecule has 0 unspecified atom stereocenters. The lowest BCUT2D eigenvalue weighted by atomic mass is 10.1. The van der Waals surface area contributed by atoms with Gasteiger partial charge in [0.2, 0.25) is 0 Å². The average Bonchev–Trinajstić information content (AvgIpc) is 2.34. The summed E-state index contributed by atoms with van der Waals surface area (Å²) in [6, 6.07) is 1.96. The molecule has 0 atom stereocenters. The van der Waals surface area contributed by atoms with Crippen molar-refractivity contribution in [1.29, 1.82) is 0 Å². The summed E-state index contributed by atoms with van der Waals surface area (Å²) < 4.78 is 40.5. The zero-order valence-electron chi connectivity index (χ0n) is 9.89. The molecular formula is C12H12F3N3. The minimum absolute atomic E-state index is 0.00835. The van der Waals surface area contributed by atoms with Gasteiger partial charge in [0.15, 0.2) is 17.5 Å². The van der Waals surface area contributed by atoms with E-state index in [1.54, 1.807) is 0 Å². The van der Waals surface area contributed by atoms with Gasteiger partial charge in [0.05, 0.1) is 11.1 Å². The lowest BCUT2D eigenvalue weighted by Crippen LogP contribution is -2.10. The zero-order chi connectivity index (χ0) is 13.4. The fraction of sp³-hybridized carbons (Fsp3) is 0.250. The number of pyridine rings is 1. The highest BCUT2D eigenvalue weighted by molar-refractivity contribution is 5.92. The minimum Gasteiger partial charge on any atom is -0.323 e. The predicted molar refractivity (Wildman–Crippen MR) is 63.5 cm³/mol. The summed E-state index contributed by atoms with van der Waals surface area (Å²) in [6.45, 7) is 3.71. The summed E-state index contributed by atoms with van der Waals surface area (Å²) in [4.78, 5) is 4.01. The number of rotatable bonds is 2. The van der Waals surface area contributed by atoms with E-state index in [1.807, 2.05) is 13.8 Å². The van der Waals surface area contributed by atoms with Gasteiger partial charge in [0.1, 0.15) is 5.52 Å². The first-order chi connectivity index (χ1) is 8.45. The maximum Gasteiger partial charge on any atom is 0.170 e. The number of aromatic nitrogens is 1. The van der Waals surface area contributed by atoms with Crippen LogP contribution in [0, 0.1) is 17.5 Å². The molecule has 2 rings (SSSR count). The molecule has 0 amide bonds. The third-order valence-electron chi connectivity index (χ3n) is 2.70. The zero-order valence-corrected chi connectivity index (χ0v) is 9.89. The molecule has 3 nitrogen and oxygen atoms in total. The van der Waals surface area contributed by atoms with Crippen LogP contribution in [0.2, 0.25) is 0 Å². The summed E-state index contributed by atoms with van der Waals surface area (Å²) in [7, 11) is 0. The van der Waals surface area contributed by atoms with Crippen molar-refractivity contribution >= 4 is 16.6 Å². The predicted octanol–water partition coefficient (Wildman–Crippen LogP) is 3.06. The van der Waals surface area contributed by atoms with E-state index in [0.717, 1.165) is 0 Å². The second-order valence-electron chi connectivity index (χ2n) is 4.27. The smallest absolute Gasteiger partial charge is 0.170 e. The third-order valence-corrected chi connectivity index (χ3v) is 2.70. The Kier molecular flexibility index (Phi) is 3.13. The number of fused-ring (bicyclic) bond motifs is 1. The van der Waals surface area contributed by atoms with Crippen LogP contribution in [0.25, 0.3) is 10.9 Å². The summed E-state index contributed by atoms with van der Waals surface area (Å²) in [5, 5.41) is -0.278. The van der Waals surface area contributed by atoms with Crippen molar-refractivity contribution < 1.29 is 13.2 Å².